The number of primary amides is 1. The maximum absolute atomic E-state index is 13.7. The van der Waals surface area contributed by atoms with Gasteiger partial charge >= 0.3 is 0 Å². The van der Waals surface area contributed by atoms with Crippen LogP contribution in [-0.4, -0.2) is 49.9 Å². The van der Waals surface area contributed by atoms with E-state index in [0.29, 0.717) is 19.3 Å². The van der Waals surface area contributed by atoms with E-state index in [0.717, 1.165) is 25.8 Å². The Kier molecular flexibility index (Phi) is 8.25. The number of nitrogens with two attached hydrogens (primary N) is 3. The average Bonchev–Trinajstić information content (AvgIpc) is 3.23. The summed E-state index contributed by atoms with van der Waals surface area (Å²) in [6, 6.07) is -0.0605. The van der Waals surface area contributed by atoms with E-state index in [1.165, 1.54) is 0 Å². The lowest BCUT2D eigenvalue weighted by Crippen LogP contribution is -2.60. The Hall–Kier alpha value is -1.93. The van der Waals surface area contributed by atoms with Crippen molar-refractivity contribution in [1.82, 2.24) is 14.5 Å². The number of hydrogen-bond donors (Lipinski definition) is 3. The number of hydrogen-bond acceptors (Lipinski definition) is 5. The van der Waals surface area contributed by atoms with Gasteiger partial charge in [0.05, 0.1) is 17.3 Å². The summed E-state index contributed by atoms with van der Waals surface area (Å²) < 4.78 is 2.16. The highest BCUT2D eigenvalue weighted by molar-refractivity contribution is 5.81. The first-order chi connectivity index (χ1) is 18.3. The molecule has 2 aliphatic rings. The summed E-state index contributed by atoms with van der Waals surface area (Å²) in [5.41, 5.74) is 16.3. The van der Waals surface area contributed by atoms with Gasteiger partial charge in [-0.2, -0.15) is 0 Å². The van der Waals surface area contributed by atoms with Crippen molar-refractivity contribution < 1.29 is 9.59 Å². The van der Waals surface area contributed by atoms with Gasteiger partial charge in [-0.3, -0.25) is 9.59 Å². The molecule has 2 amide bonds. The van der Waals surface area contributed by atoms with Crippen LogP contribution in [0.3, 0.4) is 0 Å². The zero-order chi connectivity index (χ0) is 31.7. The van der Waals surface area contributed by atoms with Gasteiger partial charge in [-0.1, -0.05) is 62.3 Å². The molecule has 2 fully saturated rings. The van der Waals surface area contributed by atoms with Gasteiger partial charge in [0.2, 0.25) is 11.8 Å². The quantitative estimate of drug-likeness (QED) is 0.299. The molecular weight excluding hydrogens is 512 g/mol. The van der Waals surface area contributed by atoms with Crippen molar-refractivity contribution in [3.8, 4) is 0 Å². The van der Waals surface area contributed by atoms with E-state index >= 15 is 0 Å². The highest BCUT2D eigenvalue weighted by Gasteiger charge is 2.68. The molecule has 0 aromatic carbocycles. The van der Waals surface area contributed by atoms with Crippen molar-refractivity contribution in [1.29, 1.82) is 0 Å². The van der Waals surface area contributed by atoms with Crippen molar-refractivity contribution in [3.63, 3.8) is 0 Å². The van der Waals surface area contributed by atoms with Crippen molar-refractivity contribution in [2.24, 2.45) is 44.3 Å². The number of carbonyl (C=O) groups is 2. The predicted octanol–water partition coefficient (Wildman–Crippen LogP) is 5.19. The summed E-state index contributed by atoms with van der Waals surface area (Å²) in [6.07, 6.45) is 10.00. The predicted molar refractivity (Wildman–Crippen MR) is 167 cm³/mol. The molecule has 4 unspecified atom stereocenters. The zero-order valence-electron chi connectivity index (χ0n) is 28.1. The molecule has 1 aromatic heterocycles. The SMILES string of the molecule is CC(C)(N)CC(N1CCCC1=O)C(C)(C)C(C)(C)CC(C)(C(N)=O)C(C)(C)C(C)(C)CC1(n2ccnc2)CC1(C)N. The fraction of sp³-hybridized carbons (Fsp3) is 0.848. The number of carbonyl (C=O) groups excluding carboxylic acids is 2. The van der Waals surface area contributed by atoms with Gasteiger partial charge in [-0.05, 0) is 74.5 Å². The summed E-state index contributed by atoms with van der Waals surface area (Å²) in [4.78, 5) is 33.1. The van der Waals surface area contributed by atoms with Crippen LogP contribution in [0.25, 0.3) is 0 Å². The number of rotatable bonds is 13. The second kappa shape index (κ2) is 10.1. The van der Waals surface area contributed by atoms with Gasteiger partial charge in [0.15, 0.2) is 0 Å². The Morgan fingerprint density at radius 3 is 2.00 bits per heavy atom. The largest absolute Gasteiger partial charge is 0.369 e. The molecule has 6 N–H and O–H groups in total. The summed E-state index contributed by atoms with van der Waals surface area (Å²) in [5, 5.41) is 0. The molecule has 0 bridgehead atoms. The molecule has 3 rings (SSSR count). The monoisotopic (exact) mass is 572 g/mol. The van der Waals surface area contributed by atoms with Crippen molar-refractivity contribution in [2.45, 2.75) is 144 Å². The molecule has 0 spiro atoms. The van der Waals surface area contributed by atoms with Gasteiger partial charge in [-0.15, -0.1) is 0 Å². The Balaban J connectivity index is 2.02. The first kappa shape index (κ1) is 33.6. The fourth-order valence-electron chi connectivity index (χ4n) is 7.95. The van der Waals surface area contributed by atoms with Gasteiger partial charge in [0, 0.05) is 42.5 Å². The van der Waals surface area contributed by atoms with Crippen LogP contribution in [0.1, 0.15) is 122 Å². The second-order valence-corrected chi connectivity index (χ2v) is 17.2. The molecule has 1 saturated carbocycles. The first-order valence-corrected chi connectivity index (χ1v) is 15.4. The van der Waals surface area contributed by atoms with E-state index in [9.17, 15) is 9.59 Å². The van der Waals surface area contributed by atoms with Crippen molar-refractivity contribution >= 4 is 11.8 Å². The summed E-state index contributed by atoms with van der Waals surface area (Å²) in [5.74, 6) is -0.100. The second-order valence-electron chi connectivity index (χ2n) is 17.2. The van der Waals surface area contributed by atoms with E-state index in [-0.39, 0.29) is 45.2 Å². The number of nitrogens with zero attached hydrogens (tertiary/aromatic N) is 3. The number of imidazole rings is 1. The van der Waals surface area contributed by atoms with Crippen LogP contribution >= 0.6 is 0 Å². The van der Waals surface area contributed by atoms with Crippen LogP contribution in [0.15, 0.2) is 18.7 Å². The first-order valence-electron chi connectivity index (χ1n) is 15.4. The van der Waals surface area contributed by atoms with Gasteiger partial charge in [0.1, 0.15) is 0 Å². The molecular formula is C33H60N6O2. The lowest BCUT2D eigenvalue weighted by Gasteiger charge is -2.59. The van der Waals surface area contributed by atoms with Crippen LogP contribution < -0.4 is 17.2 Å². The Morgan fingerprint density at radius 1 is 1.05 bits per heavy atom. The highest BCUT2D eigenvalue weighted by Crippen LogP contribution is 2.65. The normalized spacial score (nSPS) is 26.7. The molecule has 8 heteroatoms. The molecule has 1 saturated heterocycles. The Morgan fingerprint density at radius 2 is 1.61 bits per heavy atom. The van der Waals surface area contributed by atoms with Crippen LogP contribution in [-0.2, 0) is 15.1 Å². The summed E-state index contributed by atoms with van der Waals surface area (Å²) in [6.45, 7) is 26.8. The zero-order valence-corrected chi connectivity index (χ0v) is 28.1. The maximum atomic E-state index is 13.7. The highest BCUT2D eigenvalue weighted by atomic mass is 16.2. The minimum Gasteiger partial charge on any atom is -0.369 e. The van der Waals surface area contributed by atoms with Gasteiger partial charge in [-0.25, -0.2) is 4.98 Å². The van der Waals surface area contributed by atoms with Crippen molar-refractivity contribution in [2.75, 3.05) is 6.54 Å². The van der Waals surface area contributed by atoms with E-state index < -0.39 is 16.4 Å². The Labute approximate surface area is 249 Å². The van der Waals surface area contributed by atoms with Crippen molar-refractivity contribution in [3.05, 3.63) is 18.7 Å². The third kappa shape index (κ3) is 5.60. The minimum absolute atomic E-state index is 0.0605. The molecule has 1 aliphatic heterocycles. The minimum atomic E-state index is -0.856. The van der Waals surface area contributed by atoms with Crippen LogP contribution in [0, 0.1) is 27.1 Å². The topological polar surface area (TPSA) is 133 Å². The van der Waals surface area contributed by atoms with Crippen LogP contribution in [0.5, 0.6) is 0 Å². The maximum Gasteiger partial charge on any atom is 0.223 e. The third-order valence-corrected chi connectivity index (χ3v) is 12.5. The third-order valence-electron chi connectivity index (χ3n) is 12.5. The summed E-state index contributed by atoms with van der Waals surface area (Å²) in [7, 11) is 0. The molecule has 0 radical (unpaired) electrons. The molecule has 4 atom stereocenters. The summed E-state index contributed by atoms with van der Waals surface area (Å²) >= 11 is 0. The number of amides is 2. The van der Waals surface area contributed by atoms with Crippen LogP contribution in [0.2, 0.25) is 0 Å². The fourth-order valence-corrected chi connectivity index (χ4v) is 7.95. The van der Waals surface area contributed by atoms with E-state index in [1.54, 1.807) is 6.20 Å². The van der Waals surface area contributed by atoms with E-state index in [2.05, 4.69) is 83.7 Å². The molecule has 234 valence electrons. The van der Waals surface area contributed by atoms with Gasteiger partial charge < -0.3 is 26.7 Å². The molecule has 1 aromatic rings. The number of likely N-dealkylation sites (tertiary alicyclic amines) is 1. The van der Waals surface area contributed by atoms with E-state index in [1.807, 2.05) is 26.4 Å². The molecule has 1 aliphatic carbocycles. The number of aromatic nitrogens is 2. The smallest absolute Gasteiger partial charge is 0.223 e. The Bertz CT molecular complexity index is 1130. The lowest BCUT2D eigenvalue weighted by atomic mass is 9.46. The van der Waals surface area contributed by atoms with E-state index in [4.69, 9.17) is 17.2 Å². The average molecular weight is 573 g/mol. The molecule has 2 heterocycles. The van der Waals surface area contributed by atoms with Crippen LogP contribution in [0.4, 0.5) is 0 Å². The molecule has 8 nitrogen and oxygen atoms in total. The standard InChI is InChI=1S/C33H60N6O2/c1-26(2,29(7,8)23(18-28(5,6)35)39-16-13-14-24(39)40)19-31(11,25(34)41)30(9,10)27(3,4)20-33(21-32(33,12)36)38-17-15-37-22-38/h15,17,22-23H,13-14,16,18-21,35-36H2,1-12H3,(H2,34,41). The lowest BCUT2D eigenvalue weighted by molar-refractivity contribution is -0.154. The molecule has 41 heavy (non-hydrogen) atoms. The van der Waals surface area contributed by atoms with Gasteiger partial charge in [0.25, 0.3) is 0 Å².